The molecule has 0 unspecified atom stereocenters. The van der Waals surface area contributed by atoms with Crippen LogP contribution in [0.2, 0.25) is 0 Å². The highest BCUT2D eigenvalue weighted by atomic mass is 16.4. The first-order chi connectivity index (χ1) is 11.6. The summed E-state index contributed by atoms with van der Waals surface area (Å²) < 4.78 is 0. The molecule has 126 valence electrons. The van der Waals surface area contributed by atoms with Crippen LogP contribution in [-0.2, 0) is 9.59 Å². The van der Waals surface area contributed by atoms with Crippen LogP contribution in [-0.4, -0.2) is 58.0 Å². The number of carbonyl (C=O) groups is 2. The molecule has 2 heterocycles. The molecule has 4 rings (SSSR count). The molecule has 1 saturated carbocycles. The second-order valence-electron chi connectivity index (χ2n) is 6.70. The number of aliphatic carboxylic acids is 1. The van der Waals surface area contributed by atoms with E-state index in [-0.39, 0.29) is 17.7 Å². The van der Waals surface area contributed by atoms with Crippen molar-refractivity contribution in [3.63, 3.8) is 0 Å². The summed E-state index contributed by atoms with van der Waals surface area (Å²) >= 11 is 0. The fourth-order valence-corrected chi connectivity index (χ4v) is 4.29. The van der Waals surface area contributed by atoms with Crippen LogP contribution in [0.4, 0.5) is 5.95 Å². The molecule has 0 radical (unpaired) electrons. The zero-order chi connectivity index (χ0) is 16.7. The van der Waals surface area contributed by atoms with Crippen LogP contribution >= 0.6 is 0 Å². The number of carbonyl (C=O) groups excluding carboxylic acids is 1. The van der Waals surface area contributed by atoms with Crippen LogP contribution in [0.1, 0.15) is 6.42 Å². The van der Waals surface area contributed by atoms with Gasteiger partial charge in [-0.2, -0.15) is 0 Å². The Labute approximate surface area is 140 Å². The third-order valence-electron chi connectivity index (χ3n) is 5.46. The van der Waals surface area contributed by atoms with Crippen molar-refractivity contribution in [1.29, 1.82) is 0 Å². The fourth-order valence-electron chi connectivity index (χ4n) is 4.29. The van der Waals surface area contributed by atoms with Crippen molar-refractivity contribution >= 4 is 17.8 Å². The van der Waals surface area contributed by atoms with Crippen molar-refractivity contribution in [3.05, 3.63) is 30.6 Å². The van der Waals surface area contributed by atoms with Gasteiger partial charge in [-0.25, -0.2) is 9.97 Å². The number of nitrogens with zero attached hydrogens (tertiary/aromatic N) is 4. The molecule has 1 aromatic heterocycles. The Balaban J connectivity index is 1.43. The smallest absolute Gasteiger partial charge is 0.307 e. The third-order valence-corrected chi connectivity index (χ3v) is 5.46. The van der Waals surface area contributed by atoms with Gasteiger partial charge in [0, 0.05) is 38.6 Å². The first-order valence-corrected chi connectivity index (χ1v) is 8.37. The number of rotatable bonds is 3. The van der Waals surface area contributed by atoms with Crippen molar-refractivity contribution in [1.82, 2.24) is 14.9 Å². The predicted molar refractivity (Wildman–Crippen MR) is 86.2 cm³/mol. The molecule has 1 N–H and O–H groups in total. The van der Waals surface area contributed by atoms with E-state index in [9.17, 15) is 14.7 Å². The first-order valence-electron chi connectivity index (χ1n) is 8.37. The molecule has 0 spiro atoms. The van der Waals surface area contributed by atoms with Crippen LogP contribution in [0.25, 0.3) is 0 Å². The number of fused-ring (bicyclic) bond motifs is 2. The van der Waals surface area contributed by atoms with Gasteiger partial charge in [-0.05, 0) is 24.3 Å². The van der Waals surface area contributed by atoms with Gasteiger partial charge < -0.3 is 14.9 Å². The van der Waals surface area contributed by atoms with Crippen molar-refractivity contribution < 1.29 is 14.7 Å². The Morgan fingerprint density at radius 1 is 1.00 bits per heavy atom. The molecule has 1 amide bonds. The minimum absolute atomic E-state index is 0.00659. The second kappa shape index (κ2) is 5.89. The zero-order valence-electron chi connectivity index (χ0n) is 13.3. The van der Waals surface area contributed by atoms with Crippen molar-refractivity contribution in [2.75, 3.05) is 31.1 Å². The second-order valence-corrected chi connectivity index (χ2v) is 6.70. The molecule has 24 heavy (non-hydrogen) atoms. The Kier molecular flexibility index (Phi) is 3.70. The SMILES string of the molecule is O=C(O)[C@@H]1[C@@H](C(=O)N2CCN(c3ncccn3)CC2)[C@H]2C=C[C@H]1C2. The van der Waals surface area contributed by atoms with Gasteiger partial charge in [0.2, 0.25) is 11.9 Å². The Bertz CT molecular complexity index is 670. The lowest BCUT2D eigenvalue weighted by atomic mass is 9.82. The Morgan fingerprint density at radius 3 is 2.25 bits per heavy atom. The summed E-state index contributed by atoms with van der Waals surface area (Å²) in [4.78, 5) is 36.9. The maximum atomic E-state index is 12.9. The van der Waals surface area contributed by atoms with Crippen molar-refractivity contribution in [3.8, 4) is 0 Å². The number of carboxylic acids is 1. The van der Waals surface area contributed by atoms with E-state index in [0.717, 1.165) is 6.42 Å². The molecule has 1 aliphatic heterocycles. The number of piperazine rings is 1. The average molecular weight is 328 g/mol. The lowest BCUT2D eigenvalue weighted by Gasteiger charge is -2.37. The largest absolute Gasteiger partial charge is 0.481 e. The quantitative estimate of drug-likeness (QED) is 0.820. The predicted octanol–water partition coefficient (Wildman–Crippen LogP) is 0.648. The molecule has 2 bridgehead atoms. The molecule has 4 atom stereocenters. The number of hydrogen-bond donors (Lipinski definition) is 1. The van der Waals surface area contributed by atoms with Gasteiger partial charge in [0.05, 0.1) is 11.8 Å². The van der Waals surface area contributed by atoms with E-state index in [4.69, 9.17) is 0 Å². The molecule has 3 aliphatic rings. The van der Waals surface area contributed by atoms with Crippen LogP contribution in [0, 0.1) is 23.7 Å². The minimum atomic E-state index is -0.846. The number of allylic oxidation sites excluding steroid dienone is 2. The average Bonchev–Trinajstić information content (AvgIpc) is 3.23. The van der Waals surface area contributed by atoms with Crippen molar-refractivity contribution in [2.45, 2.75) is 6.42 Å². The van der Waals surface area contributed by atoms with Gasteiger partial charge in [0.15, 0.2) is 0 Å². The van der Waals surface area contributed by atoms with E-state index >= 15 is 0 Å². The number of amides is 1. The molecule has 2 fully saturated rings. The van der Waals surface area contributed by atoms with Gasteiger partial charge in [-0.1, -0.05) is 12.2 Å². The highest BCUT2D eigenvalue weighted by Crippen LogP contribution is 2.48. The van der Waals surface area contributed by atoms with Gasteiger partial charge in [-0.3, -0.25) is 9.59 Å². The molecular formula is C17H20N4O3. The zero-order valence-corrected chi connectivity index (χ0v) is 13.3. The monoisotopic (exact) mass is 328 g/mol. The standard InChI is InChI=1S/C17H20N4O3/c22-15(13-11-2-3-12(10-11)14(13)16(23)24)20-6-8-21(9-7-20)17-18-4-1-5-19-17/h1-5,11-14H,6-10H2,(H,23,24)/t11-,12-,13-,14-/m0/s1. The Hall–Kier alpha value is -2.44. The molecule has 1 saturated heterocycles. The molecule has 1 aromatic rings. The normalized spacial score (nSPS) is 31.5. The first kappa shape index (κ1) is 15.1. The maximum Gasteiger partial charge on any atom is 0.307 e. The molecule has 7 heteroatoms. The van der Waals surface area contributed by atoms with Gasteiger partial charge in [0.25, 0.3) is 0 Å². The lowest BCUT2D eigenvalue weighted by molar-refractivity contribution is -0.151. The van der Waals surface area contributed by atoms with Gasteiger partial charge in [0.1, 0.15) is 0 Å². The fraction of sp³-hybridized carbons (Fsp3) is 0.529. The van der Waals surface area contributed by atoms with Crippen LogP contribution < -0.4 is 4.90 Å². The van der Waals surface area contributed by atoms with E-state index in [1.807, 2.05) is 17.1 Å². The summed E-state index contributed by atoms with van der Waals surface area (Å²) in [5, 5.41) is 9.51. The van der Waals surface area contributed by atoms with Crippen molar-refractivity contribution in [2.24, 2.45) is 23.7 Å². The lowest BCUT2D eigenvalue weighted by Crippen LogP contribution is -2.52. The number of carboxylic acid groups (broad SMARTS) is 1. The van der Waals surface area contributed by atoms with E-state index in [1.165, 1.54) is 0 Å². The summed E-state index contributed by atoms with van der Waals surface area (Å²) in [6.07, 6.45) is 8.21. The molecule has 2 aliphatic carbocycles. The molecular weight excluding hydrogens is 308 g/mol. The minimum Gasteiger partial charge on any atom is -0.481 e. The van der Waals surface area contributed by atoms with Crippen LogP contribution in [0.15, 0.2) is 30.6 Å². The molecule has 7 nitrogen and oxygen atoms in total. The van der Waals surface area contributed by atoms with Gasteiger partial charge in [-0.15, -0.1) is 0 Å². The van der Waals surface area contributed by atoms with Crippen LogP contribution in [0.3, 0.4) is 0 Å². The third kappa shape index (κ3) is 2.44. The summed E-state index contributed by atoms with van der Waals surface area (Å²) in [5.74, 6) is -1.05. The summed E-state index contributed by atoms with van der Waals surface area (Å²) in [6, 6.07) is 1.78. The van der Waals surface area contributed by atoms with E-state index in [0.29, 0.717) is 32.1 Å². The Morgan fingerprint density at radius 2 is 1.62 bits per heavy atom. The highest BCUT2D eigenvalue weighted by Gasteiger charge is 2.52. The molecule has 0 aromatic carbocycles. The van der Waals surface area contributed by atoms with E-state index in [2.05, 4.69) is 14.9 Å². The van der Waals surface area contributed by atoms with E-state index < -0.39 is 17.8 Å². The summed E-state index contributed by atoms with van der Waals surface area (Å²) in [5.41, 5.74) is 0. The summed E-state index contributed by atoms with van der Waals surface area (Å²) in [7, 11) is 0. The summed E-state index contributed by atoms with van der Waals surface area (Å²) in [6.45, 7) is 2.51. The highest BCUT2D eigenvalue weighted by molar-refractivity contribution is 5.87. The van der Waals surface area contributed by atoms with Crippen LogP contribution in [0.5, 0.6) is 0 Å². The van der Waals surface area contributed by atoms with Gasteiger partial charge >= 0.3 is 5.97 Å². The topological polar surface area (TPSA) is 86.6 Å². The van der Waals surface area contributed by atoms with E-state index in [1.54, 1.807) is 18.5 Å². The number of aromatic nitrogens is 2. The maximum absolute atomic E-state index is 12.9. The number of anilines is 1. The number of hydrogen-bond acceptors (Lipinski definition) is 5.